The van der Waals surface area contributed by atoms with Crippen molar-refractivity contribution in [1.29, 1.82) is 0 Å². The monoisotopic (exact) mass is 317 g/mol. The van der Waals surface area contributed by atoms with E-state index < -0.39 is 0 Å². The molecule has 3 nitrogen and oxygen atoms in total. The average molecular weight is 317 g/mol. The van der Waals surface area contributed by atoms with E-state index in [1.807, 2.05) is 6.07 Å². The van der Waals surface area contributed by atoms with Gasteiger partial charge in [0.1, 0.15) is 5.82 Å². The Bertz CT molecular complexity index is 916. The van der Waals surface area contributed by atoms with Crippen LogP contribution in [0.3, 0.4) is 0 Å². The van der Waals surface area contributed by atoms with Crippen molar-refractivity contribution in [2.24, 2.45) is 0 Å². The molecule has 0 radical (unpaired) electrons. The molecule has 5 rings (SSSR count). The molecule has 1 aliphatic heterocycles. The molecule has 1 aromatic heterocycles. The molecule has 1 saturated carbocycles. The topological polar surface area (TPSA) is 29.0 Å². The zero-order chi connectivity index (χ0) is 16.1. The van der Waals surface area contributed by atoms with Gasteiger partial charge in [0.05, 0.1) is 0 Å². The van der Waals surface area contributed by atoms with Gasteiger partial charge in [0.25, 0.3) is 0 Å². The number of rotatable bonds is 2. The predicted octanol–water partition coefficient (Wildman–Crippen LogP) is 4.47. The fraction of sp³-hybridized carbons (Fsp3) is 0.200. The highest BCUT2D eigenvalue weighted by molar-refractivity contribution is 5.71. The third kappa shape index (κ3) is 1.96. The van der Waals surface area contributed by atoms with E-state index in [9.17, 15) is 4.39 Å². The van der Waals surface area contributed by atoms with Crippen molar-refractivity contribution in [1.82, 2.24) is 9.97 Å². The smallest absolute Gasteiger partial charge is 0.229 e. The summed E-state index contributed by atoms with van der Waals surface area (Å²) in [4.78, 5) is 11.2. The summed E-state index contributed by atoms with van der Waals surface area (Å²) < 4.78 is 13.9. The SMILES string of the molecule is Fc1ccccc1-c1cnc(N2CC3(CC3)c3ccccc32)nc1. The van der Waals surface area contributed by atoms with Crippen LogP contribution in [0.1, 0.15) is 18.4 Å². The van der Waals surface area contributed by atoms with Gasteiger partial charge in [-0.15, -0.1) is 0 Å². The van der Waals surface area contributed by atoms with Crippen LogP contribution in [0.15, 0.2) is 60.9 Å². The Labute approximate surface area is 139 Å². The van der Waals surface area contributed by atoms with Gasteiger partial charge in [-0.05, 0) is 30.5 Å². The number of hydrogen-bond donors (Lipinski definition) is 0. The van der Waals surface area contributed by atoms with Crippen molar-refractivity contribution in [3.8, 4) is 11.1 Å². The summed E-state index contributed by atoms with van der Waals surface area (Å²) in [5.41, 5.74) is 4.14. The fourth-order valence-electron chi connectivity index (χ4n) is 3.68. The van der Waals surface area contributed by atoms with E-state index in [2.05, 4.69) is 39.1 Å². The van der Waals surface area contributed by atoms with Gasteiger partial charge in [0.2, 0.25) is 5.95 Å². The molecule has 2 aliphatic rings. The van der Waals surface area contributed by atoms with Crippen molar-refractivity contribution >= 4 is 11.6 Å². The third-order valence-corrected chi connectivity index (χ3v) is 5.15. The first-order valence-corrected chi connectivity index (χ1v) is 8.21. The summed E-state index contributed by atoms with van der Waals surface area (Å²) in [6, 6.07) is 15.2. The van der Waals surface area contributed by atoms with Gasteiger partial charge in [0, 0.05) is 41.2 Å². The fourth-order valence-corrected chi connectivity index (χ4v) is 3.68. The summed E-state index contributed by atoms with van der Waals surface area (Å²) in [6.07, 6.45) is 5.88. The van der Waals surface area contributed by atoms with Crippen LogP contribution in [0.4, 0.5) is 16.0 Å². The lowest BCUT2D eigenvalue weighted by atomic mass is 9.99. The molecule has 3 aromatic rings. The Morgan fingerprint density at radius 3 is 2.38 bits per heavy atom. The molecule has 24 heavy (non-hydrogen) atoms. The maximum atomic E-state index is 13.9. The second-order valence-electron chi connectivity index (χ2n) is 6.64. The van der Waals surface area contributed by atoms with Gasteiger partial charge >= 0.3 is 0 Å². The molecule has 0 bridgehead atoms. The summed E-state index contributed by atoms with van der Waals surface area (Å²) in [5.74, 6) is 0.434. The van der Waals surface area contributed by atoms with Crippen LogP contribution < -0.4 is 4.90 Å². The van der Waals surface area contributed by atoms with Crippen molar-refractivity contribution in [2.75, 3.05) is 11.4 Å². The molecule has 2 heterocycles. The van der Waals surface area contributed by atoms with Crippen molar-refractivity contribution in [3.63, 3.8) is 0 Å². The molecule has 0 unspecified atom stereocenters. The maximum Gasteiger partial charge on any atom is 0.229 e. The summed E-state index contributed by atoms with van der Waals surface area (Å²) in [5, 5.41) is 0. The van der Waals surface area contributed by atoms with Crippen molar-refractivity contribution in [2.45, 2.75) is 18.3 Å². The maximum absolute atomic E-state index is 13.9. The Morgan fingerprint density at radius 2 is 1.62 bits per heavy atom. The van der Waals surface area contributed by atoms with Crippen LogP contribution in [-0.2, 0) is 5.41 Å². The molecule has 0 N–H and O–H groups in total. The Morgan fingerprint density at radius 1 is 0.917 bits per heavy atom. The van der Waals surface area contributed by atoms with Crippen LogP contribution in [0.2, 0.25) is 0 Å². The molecule has 0 atom stereocenters. The minimum atomic E-state index is -0.252. The molecule has 0 saturated heterocycles. The standard InChI is InChI=1S/C20H16FN3/c21-17-7-3-1-5-15(17)14-11-22-19(23-12-14)24-13-20(9-10-20)16-6-2-4-8-18(16)24/h1-8,11-12H,9-10,13H2. The summed E-state index contributed by atoms with van der Waals surface area (Å²) in [7, 11) is 0. The zero-order valence-electron chi connectivity index (χ0n) is 13.1. The van der Waals surface area contributed by atoms with E-state index in [0.717, 1.165) is 6.54 Å². The van der Waals surface area contributed by atoms with Crippen molar-refractivity contribution in [3.05, 3.63) is 72.3 Å². The average Bonchev–Trinajstić information content (AvgIpc) is 3.33. The number of nitrogens with zero attached hydrogens (tertiary/aromatic N) is 3. The van der Waals surface area contributed by atoms with Gasteiger partial charge in [-0.1, -0.05) is 36.4 Å². The molecule has 0 amide bonds. The molecular weight excluding hydrogens is 301 g/mol. The molecule has 4 heteroatoms. The number of aromatic nitrogens is 2. The van der Waals surface area contributed by atoms with Crippen molar-refractivity contribution < 1.29 is 4.39 Å². The number of fused-ring (bicyclic) bond motifs is 2. The lowest BCUT2D eigenvalue weighted by molar-refractivity contribution is 0.631. The summed E-state index contributed by atoms with van der Waals surface area (Å²) in [6.45, 7) is 0.936. The quantitative estimate of drug-likeness (QED) is 0.698. The number of anilines is 2. The Kier molecular flexibility index (Phi) is 2.77. The van der Waals surface area contributed by atoms with Gasteiger partial charge in [-0.2, -0.15) is 0 Å². The highest BCUT2D eigenvalue weighted by atomic mass is 19.1. The van der Waals surface area contributed by atoms with Crippen LogP contribution in [-0.4, -0.2) is 16.5 Å². The Hall–Kier alpha value is -2.75. The lowest BCUT2D eigenvalue weighted by Crippen LogP contribution is -2.21. The molecule has 2 aromatic carbocycles. The van der Waals surface area contributed by atoms with Gasteiger partial charge in [-0.25, -0.2) is 14.4 Å². The van der Waals surface area contributed by atoms with Crippen LogP contribution in [0.5, 0.6) is 0 Å². The van der Waals surface area contributed by atoms with Gasteiger partial charge < -0.3 is 4.90 Å². The third-order valence-electron chi connectivity index (χ3n) is 5.15. The first kappa shape index (κ1) is 13.7. The minimum Gasteiger partial charge on any atom is -0.309 e. The lowest BCUT2D eigenvalue weighted by Gasteiger charge is -2.17. The predicted molar refractivity (Wildman–Crippen MR) is 91.8 cm³/mol. The van der Waals surface area contributed by atoms with E-state index in [1.165, 1.54) is 30.2 Å². The van der Waals surface area contributed by atoms with E-state index >= 15 is 0 Å². The van der Waals surface area contributed by atoms with E-state index in [4.69, 9.17) is 0 Å². The normalized spacial score (nSPS) is 17.1. The molecule has 1 fully saturated rings. The van der Waals surface area contributed by atoms with Crippen LogP contribution in [0, 0.1) is 5.82 Å². The largest absolute Gasteiger partial charge is 0.309 e. The first-order valence-electron chi connectivity index (χ1n) is 8.21. The van der Waals surface area contributed by atoms with E-state index in [-0.39, 0.29) is 5.82 Å². The van der Waals surface area contributed by atoms with Crippen LogP contribution >= 0.6 is 0 Å². The molecular formula is C20H16FN3. The van der Waals surface area contributed by atoms with Crippen LogP contribution in [0.25, 0.3) is 11.1 Å². The number of para-hydroxylation sites is 1. The second-order valence-corrected chi connectivity index (χ2v) is 6.64. The highest BCUT2D eigenvalue weighted by Crippen LogP contribution is 2.57. The highest BCUT2D eigenvalue weighted by Gasteiger charge is 2.52. The minimum absolute atomic E-state index is 0.252. The second kappa shape index (κ2) is 4.87. The van der Waals surface area contributed by atoms with E-state index in [1.54, 1.807) is 24.5 Å². The summed E-state index contributed by atoms with van der Waals surface area (Å²) >= 11 is 0. The first-order chi connectivity index (χ1) is 11.8. The number of hydrogen-bond acceptors (Lipinski definition) is 3. The number of benzene rings is 2. The molecule has 1 aliphatic carbocycles. The molecule has 1 spiro atoms. The Balaban J connectivity index is 1.52. The van der Waals surface area contributed by atoms with Gasteiger partial charge in [0.15, 0.2) is 0 Å². The zero-order valence-corrected chi connectivity index (χ0v) is 13.1. The molecule has 118 valence electrons. The van der Waals surface area contributed by atoms with Gasteiger partial charge in [-0.3, -0.25) is 0 Å². The number of halogens is 1. The van der Waals surface area contributed by atoms with E-state index in [0.29, 0.717) is 22.5 Å².